The van der Waals surface area contributed by atoms with E-state index in [1.165, 1.54) is 0 Å². The molecule has 1 aromatic rings. The van der Waals surface area contributed by atoms with E-state index in [9.17, 15) is 24.0 Å². The lowest BCUT2D eigenvalue weighted by molar-refractivity contribution is -0.156. The van der Waals surface area contributed by atoms with Gasteiger partial charge in [0.05, 0.1) is 70.4 Å². The molecule has 13 nitrogen and oxygen atoms in total. The summed E-state index contributed by atoms with van der Waals surface area (Å²) in [6.45, 7) is 8.76. The molecule has 1 atom stereocenters. The number of imide groups is 2. The largest absolute Gasteiger partial charge is 0.460 e. The standard InChI is InChI=1S/C28H39N3O10/c1-28(2,3)41-23(33)9-11-37-13-15-39-17-18-40-16-14-38-12-10-29-20-6-4-5-19-24(20)27(36)31(26(19)35)21-7-8-22(32)30-25(21)34/h4-6,21,29H,7-18H2,1-3H3,(H,30,32,34). The lowest BCUT2D eigenvalue weighted by Gasteiger charge is -2.27. The Morgan fingerprint density at radius 2 is 1.51 bits per heavy atom. The Balaban J connectivity index is 1.23. The van der Waals surface area contributed by atoms with E-state index in [1.807, 2.05) is 20.8 Å². The van der Waals surface area contributed by atoms with Gasteiger partial charge in [-0.1, -0.05) is 6.07 Å². The molecule has 1 aromatic carbocycles. The Labute approximate surface area is 239 Å². The minimum absolute atomic E-state index is 0.0662. The van der Waals surface area contributed by atoms with Crippen molar-refractivity contribution >= 4 is 35.3 Å². The smallest absolute Gasteiger partial charge is 0.308 e. The van der Waals surface area contributed by atoms with Gasteiger partial charge in [-0.2, -0.15) is 0 Å². The van der Waals surface area contributed by atoms with Crippen LogP contribution in [0, 0.1) is 0 Å². The number of esters is 1. The highest BCUT2D eigenvalue weighted by Gasteiger charge is 2.45. The molecule has 1 unspecified atom stereocenters. The average Bonchev–Trinajstić information content (AvgIpc) is 3.15. The van der Waals surface area contributed by atoms with E-state index in [0.29, 0.717) is 58.5 Å². The van der Waals surface area contributed by atoms with Crippen molar-refractivity contribution in [2.45, 2.75) is 51.7 Å². The number of amides is 4. The second kappa shape index (κ2) is 15.6. The molecule has 0 radical (unpaired) electrons. The number of carbonyl (C=O) groups excluding carboxylic acids is 5. The van der Waals surface area contributed by atoms with Crippen LogP contribution in [-0.4, -0.2) is 106 Å². The second-order valence-corrected chi connectivity index (χ2v) is 10.4. The molecule has 3 rings (SSSR count). The van der Waals surface area contributed by atoms with Gasteiger partial charge in [-0.05, 0) is 39.3 Å². The summed E-state index contributed by atoms with van der Waals surface area (Å²) in [6.07, 6.45) is 0.369. The van der Waals surface area contributed by atoms with Crippen LogP contribution in [0.1, 0.15) is 60.7 Å². The molecule has 13 heteroatoms. The highest BCUT2D eigenvalue weighted by molar-refractivity contribution is 6.25. The maximum Gasteiger partial charge on any atom is 0.308 e. The SMILES string of the molecule is CC(C)(C)OC(=O)CCOCCOCCOCCOCCNc1cccc2c1C(=O)N(C1CCC(=O)NC1=O)C2=O. The van der Waals surface area contributed by atoms with E-state index >= 15 is 0 Å². The minimum atomic E-state index is -1.01. The molecule has 2 heterocycles. The van der Waals surface area contributed by atoms with E-state index in [1.54, 1.807) is 18.2 Å². The molecule has 2 aliphatic rings. The lowest BCUT2D eigenvalue weighted by Crippen LogP contribution is -2.54. The quantitative estimate of drug-likeness (QED) is 0.156. The summed E-state index contributed by atoms with van der Waals surface area (Å²) in [7, 11) is 0. The number of fused-ring (bicyclic) bond motifs is 1. The Hall–Kier alpha value is -3.39. The fourth-order valence-electron chi connectivity index (χ4n) is 4.23. The molecule has 0 aromatic heterocycles. The summed E-state index contributed by atoms with van der Waals surface area (Å²) in [5, 5.41) is 5.30. The van der Waals surface area contributed by atoms with E-state index in [0.717, 1.165) is 4.90 Å². The molecule has 4 amide bonds. The first kappa shape index (κ1) is 32.1. The molecule has 0 saturated carbocycles. The van der Waals surface area contributed by atoms with E-state index in [2.05, 4.69) is 10.6 Å². The van der Waals surface area contributed by atoms with Gasteiger partial charge >= 0.3 is 5.97 Å². The zero-order chi connectivity index (χ0) is 29.8. The Kier molecular flexibility index (Phi) is 12.2. The Morgan fingerprint density at radius 3 is 2.12 bits per heavy atom. The lowest BCUT2D eigenvalue weighted by atomic mass is 10.0. The number of benzene rings is 1. The third-order valence-electron chi connectivity index (χ3n) is 6.02. The van der Waals surface area contributed by atoms with Crippen molar-refractivity contribution in [1.29, 1.82) is 0 Å². The number of ether oxygens (including phenoxy) is 5. The molecule has 0 spiro atoms. The van der Waals surface area contributed by atoms with Crippen molar-refractivity contribution in [3.63, 3.8) is 0 Å². The number of rotatable bonds is 17. The summed E-state index contributed by atoms with van der Waals surface area (Å²) in [5.41, 5.74) is 0.397. The van der Waals surface area contributed by atoms with Crippen molar-refractivity contribution in [3.05, 3.63) is 29.3 Å². The first-order valence-electron chi connectivity index (χ1n) is 13.7. The summed E-state index contributed by atoms with van der Waals surface area (Å²) < 4.78 is 27.0. The summed E-state index contributed by atoms with van der Waals surface area (Å²) in [4.78, 5) is 62.2. The molecule has 1 fully saturated rings. The fraction of sp³-hybridized carbons (Fsp3) is 0.607. The Bertz CT molecular complexity index is 1100. The molecule has 0 bridgehead atoms. The van der Waals surface area contributed by atoms with Crippen molar-refractivity contribution in [1.82, 2.24) is 10.2 Å². The zero-order valence-electron chi connectivity index (χ0n) is 23.8. The van der Waals surface area contributed by atoms with Crippen LogP contribution in [-0.2, 0) is 38.1 Å². The first-order valence-corrected chi connectivity index (χ1v) is 13.7. The molecule has 0 aliphatic carbocycles. The number of hydrogen-bond donors (Lipinski definition) is 2. The maximum absolute atomic E-state index is 13.1. The normalized spacial score (nSPS) is 17.0. The van der Waals surface area contributed by atoms with Gasteiger partial charge in [0.25, 0.3) is 11.8 Å². The molecule has 2 aliphatic heterocycles. The third-order valence-corrected chi connectivity index (χ3v) is 6.02. The average molecular weight is 578 g/mol. The Morgan fingerprint density at radius 1 is 0.902 bits per heavy atom. The summed E-state index contributed by atoms with van der Waals surface area (Å²) in [5.74, 6) is -2.47. The number of hydrogen-bond acceptors (Lipinski definition) is 11. The van der Waals surface area contributed by atoms with Gasteiger partial charge in [-0.3, -0.25) is 34.2 Å². The molecular weight excluding hydrogens is 538 g/mol. The van der Waals surface area contributed by atoms with Crippen LogP contribution >= 0.6 is 0 Å². The van der Waals surface area contributed by atoms with Crippen LogP contribution in [0.2, 0.25) is 0 Å². The van der Waals surface area contributed by atoms with Gasteiger partial charge in [0.1, 0.15) is 11.6 Å². The molecule has 226 valence electrons. The molecule has 41 heavy (non-hydrogen) atoms. The van der Waals surface area contributed by atoms with Gasteiger partial charge in [0.2, 0.25) is 11.8 Å². The maximum atomic E-state index is 13.1. The summed E-state index contributed by atoms with van der Waals surface area (Å²) >= 11 is 0. The predicted molar refractivity (Wildman–Crippen MR) is 145 cm³/mol. The van der Waals surface area contributed by atoms with Crippen LogP contribution in [0.25, 0.3) is 0 Å². The fourth-order valence-corrected chi connectivity index (χ4v) is 4.23. The molecular formula is C28H39N3O10. The van der Waals surface area contributed by atoms with E-state index in [-0.39, 0.29) is 43.0 Å². The van der Waals surface area contributed by atoms with Crippen molar-refractivity contribution in [2.24, 2.45) is 0 Å². The van der Waals surface area contributed by atoms with E-state index in [4.69, 9.17) is 23.7 Å². The predicted octanol–water partition coefficient (Wildman–Crippen LogP) is 1.30. The highest BCUT2D eigenvalue weighted by atomic mass is 16.6. The highest BCUT2D eigenvalue weighted by Crippen LogP contribution is 2.32. The number of piperidine rings is 1. The van der Waals surface area contributed by atoms with Crippen molar-refractivity contribution in [2.75, 3.05) is 64.7 Å². The number of nitrogens with zero attached hydrogens (tertiary/aromatic N) is 1. The zero-order valence-corrected chi connectivity index (χ0v) is 23.8. The van der Waals surface area contributed by atoms with Crippen LogP contribution in [0.3, 0.4) is 0 Å². The monoisotopic (exact) mass is 577 g/mol. The topological polar surface area (TPSA) is 159 Å². The van der Waals surface area contributed by atoms with Crippen LogP contribution < -0.4 is 10.6 Å². The third kappa shape index (κ3) is 9.88. The van der Waals surface area contributed by atoms with Crippen molar-refractivity contribution in [3.8, 4) is 0 Å². The van der Waals surface area contributed by atoms with Gasteiger partial charge < -0.3 is 29.0 Å². The van der Waals surface area contributed by atoms with Crippen LogP contribution in [0.15, 0.2) is 18.2 Å². The molecule has 2 N–H and O–H groups in total. The van der Waals surface area contributed by atoms with Gasteiger partial charge in [-0.25, -0.2) is 0 Å². The minimum Gasteiger partial charge on any atom is -0.460 e. The number of anilines is 1. The second-order valence-electron chi connectivity index (χ2n) is 10.4. The summed E-state index contributed by atoms with van der Waals surface area (Å²) in [6, 6.07) is 3.88. The molecule has 1 saturated heterocycles. The van der Waals surface area contributed by atoms with Crippen LogP contribution in [0.4, 0.5) is 5.69 Å². The van der Waals surface area contributed by atoms with Crippen LogP contribution in [0.5, 0.6) is 0 Å². The van der Waals surface area contributed by atoms with Crippen molar-refractivity contribution < 1.29 is 47.7 Å². The van der Waals surface area contributed by atoms with Gasteiger partial charge in [0, 0.05) is 18.7 Å². The van der Waals surface area contributed by atoms with Gasteiger partial charge in [-0.15, -0.1) is 0 Å². The first-order chi connectivity index (χ1) is 19.6. The van der Waals surface area contributed by atoms with E-state index < -0.39 is 35.3 Å². The number of nitrogens with one attached hydrogen (secondary N) is 2. The van der Waals surface area contributed by atoms with Gasteiger partial charge in [0.15, 0.2) is 0 Å². The number of carbonyl (C=O) groups is 5.